The van der Waals surface area contributed by atoms with Gasteiger partial charge in [-0.2, -0.15) is 0 Å². The fourth-order valence-corrected chi connectivity index (χ4v) is 6.95. The average molecular weight is 641 g/mol. The fourth-order valence-electron chi connectivity index (χ4n) is 5.70. The number of rotatable bonds is 12. The molecule has 0 aliphatic carbocycles. The molecule has 8 nitrogen and oxygen atoms in total. The maximum Gasteiger partial charge on any atom is 0.245 e. The summed E-state index contributed by atoms with van der Waals surface area (Å²) in [5.74, 6) is -0.518. The van der Waals surface area contributed by atoms with Crippen molar-refractivity contribution in [1.29, 1.82) is 0 Å². The number of hydrogen-bond donors (Lipinski definition) is 3. The van der Waals surface area contributed by atoms with E-state index in [1.807, 2.05) is 71.6 Å². The lowest BCUT2D eigenvalue weighted by molar-refractivity contribution is -0.135. The highest BCUT2D eigenvalue weighted by molar-refractivity contribution is 7.89. The topological polar surface area (TPSA) is 108 Å². The van der Waals surface area contributed by atoms with Gasteiger partial charge in [-0.3, -0.25) is 9.59 Å². The number of likely N-dealkylation sites (tertiary alicyclic amines) is 1. The summed E-state index contributed by atoms with van der Waals surface area (Å²) in [6.45, 7) is 8.42. The summed E-state index contributed by atoms with van der Waals surface area (Å²) >= 11 is 0. The van der Waals surface area contributed by atoms with E-state index in [1.54, 1.807) is 30.3 Å². The molecule has 1 aliphatic rings. The summed E-state index contributed by atoms with van der Waals surface area (Å²) in [6.07, 6.45) is 2.05. The minimum absolute atomic E-state index is 0.00251. The van der Waals surface area contributed by atoms with E-state index in [9.17, 15) is 18.0 Å². The van der Waals surface area contributed by atoms with E-state index in [4.69, 9.17) is 0 Å². The van der Waals surface area contributed by atoms with Crippen LogP contribution in [-0.2, 0) is 32.6 Å². The lowest BCUT2D eigenvalue weighted by Crippen LogP contribution is -2.49. The Morgan fingerprint density at radius 1 is 0.804 bits per heavy atom. The van der Waals surface area contributed by atoms with Crippen molar-refractivity contribution in [3.05, 3.63) is 114 Å². The predicted octanol–water partition coefficient (Wildman–Crippen LogP) is 5.49. The van der Waals surface area contributed by atoms with Crippen LogP contribution in [-0.4, -0.2) is 49.8 Å². The van der Waals surface area contributed by atoms with Crippen LogP contribution in [0.25, 0.3) is 10.8 Å². The van der Waals surface area contributed by atoms with E-state index < -0.39 is 28.0 Å². The third-order valence-electron chi connectivity index (χ3n) is 8.26. The number of hydrogen-bond acceptors (Lipinski definition) is 5. The lowest BCUT2D eigenvalue weighted by atomic mass is 10.0. The minimum Gasteiger partial charge on any atom is -0.344 e. The van der Waals surface area contributed by atoms with Crippen LogP contribution >= 0.6 is 0 Å². The maximum atomic E-state index is 13.7. The van der Waals surface area contributed by atoms with Crippen molar-refractivity contribution in [2.75, 3.05) is 13.1 Å². The van der Waals surface area contributed by atoms with Gasteiger partial charge in [0.1, 0.15) is 6.04 Å². The first-order chi connectivity index (χ1) is 22.0. The van der Waals surface area contributed by atoms with Crippen LogP contribution in [0.5, 0.6) is 0 Å². The summed E-state index contributed by atoms with van der Waals surface area (Å²) in [5.41, 5.74) is 2.73. The second-order valence-corrected chi connectivity index (χ2v) is 14.8. The molecular weight excluding hydrogens is 596 g/mol. The first kappa shape index (κ1) is 33.3. The fraction of sp³-hybridized carbons (Fsp3) is 0.351. The first-order valence-corrected chi connectivity index (χ1v) is 17.4. The van der Waals surface area contributed by atoms with Crippen LogP contribution in [0, 0.1) is 0 Å². The molecule has 46 heavy (non-hydrogen) atoms. The highest BCUT2D eigenvalue weighted by Gasteiger charge is 2.30. The molecule has 2 amide bonds. The number of amides is 2. The molecule has 0 saturated carbocycles. The van der Waals surface area contributed by atoms with Gasteiger partial charge < -0.3 is 15.5 Å². The van der Waals surface area contributed by atoms with Crippen LogP contribution < -0.4 is 15.4 Å². The zero-order valence-electron chi connectivity index (χ0n) is 26.8. The molecule has 0 spiro atoms. The van der Waals surface area contributed by atoms with Gasteiger partial charge in [-0.05, 0) is 73.2 Å². The van der Waals surface area contributed by atoms with Gasteiger partial charge in [0.2, 0.25) is 21.8 Å². The number of nitrogens with zero attached hydrogens (tertiary/aromatic N) is 1. The third-order valence-corrected chi connectivity index (χ3v) is 9.73. The van der Waals surface area contributed by atoms with E-state index in [0.29, 0.717) is 25.1 Å². The molecular formula is C37H44N4O4S. The lowest BCUT2D eigenvalue weighted by Gasteiger charge is -2.26. The number of carbonyl (C=O) groups is 2. The summed E-state index contributed by atoms with van der Waals surface area (Å²) < 4.78 is 30.0. The summed E-state index contributed by atoms with van der Waals surface area (Å²) in [6, 6.07) is 28.1. The van der Waals surface area contributed by atoms with Gasteiger partial charge in [0.15, 0.2) is 0 Å². The van der Waals surface area contributed by atoms with Crippen molar-refractivity contribution in [3.8, 4) is 0 Å². The zero-order valence-corrected chi connectivity index (χ0v) is 27.6. The number of benzene rings is 4. The number of nitrogens with one attached hydrogen (secondary N) is 3. The summed E-state index contributed by atoms with van der Waals surface area (Å²) in [5, 5.41) is 8.20. The normalized spacial score (nSPS) is 15.1. The molecule has 1 saturated heterocycles. The standard InChI is InChI=1S/C37H44N4O4S/c1-37(2,3)38-26-28-17-15-27(16-18-28)23-34(36(43)41-21-9-10-22-41)39-35(42)25-33(30-12-5-4-6-13-30)40-46(44,45)32-20-19-29-11-7-8-14-31(29)24-32/h4-8,11-20,24,33-34,38,40H,9-10,21-23,25-26H2,1-3H3,(H,39,42). The SMILES string of the molecule is CC(C)(C)NCc1ccc(CC(NC(=O)CC(NS(=O)(=O)c2ccc3ccccc3c2)c2ccccc2)C(=O)N2CCCC2)cc1. The zero-order chi connectivity index (χ0) is 32.7. The minimum atomic E-state index is -3.98. The van der Waals surface area contributed by atoms with Crippen LogP contribution in [0.1, 0.15) is 62.8 Å². The van der Waals surface area contributed by atoms with Crippen LogP contribution in [0.2, 0.25) is 0 Å². The Hall–Kier alpha value is -4.05. The molecule has 4 aromatic carbocycles. The third kappa shape index (κ3) is 9.02. The number of fused-ring (bicyclic) bond motifs is 1. The van der Waals surface area contributed by atoms with Crippen molar-refractivity contribution in [3.63, 3.8) is 0 Å². The monoisotopic (exact) mass is 640 g/mol. The van der Waals surface area contributed by atoms with E-state index in [2.05, 4.69) is 36.1 Å². The van der Waals surface area contributed by atoms with Gasteiger partial charge in [-0.15, -0.1) is 0 Å². The smallest absolute Gasteiger partial charge is 0.245 e. The van der Waals surface area contributed by atoms with Crippen LogP contribution in [0.15, 0.2) is 102 Å². The molecule has 2 unspecified atom stereocenters. The quantitative estimate of drug-likeness (QED) is 0.190. The molecule has 0 aromatic heterocycles. The molecule has 242 valence electrons. The maximum absolute atomic E-state index is 13.7. The van der Waals surface area contributed by atoms with E-state index >= 15 is 0 Å². The Kier molecular flexibility index (Phi) is 10.6. The van der Waals surface area contributed by atoms with Crippen molar-refractivity contribution in [1.82, 2.24) is 20.3 Å². The second kappa shape index (κ2) is 14.6. The van der Waals surface area contributed by atoms with Crippen LogP contribution in [0.4, 0.5) is 0 Å². The molecule has 1 aliphatic heterocycles. The molecule has 0 radical (unpaired) electrons. The molecule has 1 heterocycles. The van der Waals surface area contributed by atoms with E-state index in [-0.39, 0.29) is 22.8 Å². The summed E-state index contributed by atoms with van der Waals surface area (Å²) in [4.78, 5) is 29.2. The average Bonchev–Trinajstić information content (AvgIpc) is 3.58. The Labute approximate surface area is 272 Å². The molecule has 0 bridgehead atoms. The molecule has 9 heteroatoms. The Bertz CT molecular complexity index is 1750. The van der Waals surface area contributed by atoms with Gasteiger partial charge in [-0.1, -0.05) is 84.9 Å². The van der Waals surface area contributed by atoms with Crippen molar-refractivity contribution in [2.45, 2.75) is 75.5 Å². The predicted molar refractivity (Wildman–Crippen MR) is 183 cm³/mol. The number of carbonyl (C=O) groups excluding carboxylic acids is 2. The Morgan fingerprint density at radius 2 is 1.43 bits per heavy atom. The van der Waals surface area contributed by atoms with Gasteiger partial charge in [0, 0.05) is 38.0 Å². The molecule has 3 N–H and O–H groups in total. The van der Waals surface area contributed by atoms with Gasteiger partial charge in [-0.25, -0.2) is 13.1 Å². The van der Waals surface area contributed by atoms with Crippen LogP contribution in [0.3, 0.4) is 0 Å². The Balaban J connectivity index is 1.33. The van der Waals surface area contributed by atoms with Crippen molar-refractivity contribution >= 4 is 32.6 Å². The Morgan fingerprint density at radius 3 is 2.11 bits per heavy atom. The van der Waals surface area contributed by atoms with Crippen molar-refractivity contribution in [2.24, 2.45) is 0 Å². The van der Waals surface area contributed by atoms with Gasteiger partial charge in [0.25, 0.3) is 0 Å². The van der Waals surface area contributed by atoms with Gasteiger partial charge in [0.05, 0.1) is 10.9 Å². The molecule has 5 rings (SSSR count). The highest BCUT2D eigenvalue weighted by Crippen LogP contribution is 2.24. The molecule has 1 fully saturated rings. The first-order valence-electron chi connectivity index (χ1n) is 15.9. The molecule has 4 aromatic rings. The molecule has 2 atom stereocenters. The number of sulfonamides is 1. The van der Waals surface area contributed by atoms with Crippen molar-refractivity contribution < 1.29 is 18.0 Å². The largest absolute Gasteiger partial charge is 0.344 e. The summed E-state index contributed by atoms with van der Waals surface area (Å²) in [7, 11) is -3.98. The highest BCUT2D eigenvalue weighted by atomic mass is 32.2. The second-order valence-electron chi connectivity index (χ2n) is 13.1. The van der Waals surface area contributed by atoms with E-state index in [1.165, 1.54) is 0 Å². The van der Waals surface area contributed by atoms with E-state index in [0.717, 1.165) is 41.3 Å². The van der Waals surface area contributed by atoms with Gasteiger partial charge >= 0.3 is 0 Å².